The Morgan fingerprint density at radius 3 is 2.60 bits per heavy atom. The Balaban J connectivity index is 2.46. The van der Waals surface area contributed by atoms with Crippen molar-refractivity contribution in [2.75, 3.05) is 0 Å². The third-order valence-electron chi connectivity index (χ3n) is 2.66. The molecule has 20 heavy (non-hydrogen) atoms. The van der Waals surface area contributed by atoms with Crippen molar-refractivity contribution in [1.82, 2.24) is 4.98 Å². The Kier molecular flexibility index (Phi) is 4.99. The molecule has 0 radical (unpaired) electrons. The van der Waals surface area contributed by atoms with Gasteiger partial charge < -0.3 is 5.11 Å². The van der Waals surface area contributed by atoms with Crippen molar-refractivity contribution in [2.24, 2.45) is 5.92 Å². The fraction of sp³-hybridized carbons (Fsp3) is 0.286. The maximum absolute atomic E-state index is 11.3. The molecule has 2 aromatic rings. The molecule has 1 aromatic heterocycles. The summed E-state index contributed by atoms with van der Waals surface area (Å²) in [6.45, 7) is 4.11. The molecule has 0 aliphatic rings. The summed E-state index contributed by atoms with van der Waals surface area (Å²) in [6, 6.07) is 5.79. The van der Waals surface area contributed by atoms with Gasteiger partial charge in [0.25, 0.3) is 0 Å². The first kappa shape index (κ1) is 15.7. The Hall–Kier alpha value is -0.720. The number of nitrogens with zero attached hydrogens (tertiary/aromatic N) is 1. The fourth-order valence-electron chi connectivity index (χ4n) is 1.80. The Morgan fingerprint density at radius 1 is 1.35 bits per heavy atom. The molecule has 0 amide bonds. The zero-order valence-corrected chi connectivity index (χ0v) is 15.0. The highest BCUT2D eigenvalue weighted by Crippen LogP contribution is 2.33. The number of hydrogen-bond donors (Lipinski definition) is 1. The van der Waals surface area contributed by atoms with E-state index in [1.54, 1.807) is 0 Å². The molecule has 0 atom stereocenters. The van der Waals surface area contributed by atoms with Crippen LogP contribution in [-0.2, 0) is 6.42 Å². The lowest BCUT2D eigenvalue weighted by atomic mass is 10.1. The topological polar surface area (TPSA) is 50.2 Å². The van der Waals surface area contributed by atoms with E-state index in [9.17, 15) is 9.90 Å². The van der Waals surface area contributed by atoms with Crippen LogP contribution in [0.25, 0.3) is 10.6 Å². The molecule has 0 saturated carbocycles. The molecule has 2 rings (SSSR count). The Bertz CT molecular complexity index is 653. The lowest BCUT2D eigenvalue weighted by Gasteiger charge is -2.02. The molecule has 1 heterocycles. The first-order valence-corrected chi connectivity index (χ1v) is 8.47. The molecule has 0 fully saturated rings. The number of thiazole rings is 1. The second-order valence-corrected chi connectivity index (χ2v) is 7.53. The number of aromatic nitrogens is 1. The molecular formula is C14H13Br2NO2S. The van der Waals surface area contributed by atoms with Crippen LogP contribution < -0.4 is 0 Å². The molecule has 0 bridgehead atoms. The van der Waals surface area contributed by atoms with Crippen LogP contribution in [0.2, 0.25) is 0 Å². The summed E-state index contributed by atoms with van der Waals surface area (Å²) in [4.78, 5) is 16.2. The lowest BCUT2D eigenvalue weighted by molar-refractivity contribution is 0.0700. The summed E-state index contributed by atoms with van der Waals surface area (Å²) >= 11 is 8.10. The van der Waals surface area contributed by atoms with Crippen molar-refractivity contribution in [3.63, 3.8) is 0 Å². The molecule has 0 saturated heterocycles. The van der Waals surface area contributed by atoms with Gasteiger partial charge in [-0.2, -0.15) is 0 Å². The average molecular weight is 419 g/mol. The number of hydrogen-bond acceptors (Lipinski definition) is 3. The van der Waals surface area contributed by atoms with E-state index in [2.05, 4.69) is 50.7 Å². The van der Waals surface area contributed by atoms with E-state index >= 15 is 0 Å². The van der Waals surface area contributed by atoms with Crippen molar-refractivity contribution in [1.29, 1.82) is 0 Å². The smallest absolute Gasteiger partial charge is 0.347 e. The molecule has 0 aliphatic carbocycles. The van der Waals surface area contributed by atoms with Crippen molar-refractivity contribution in [3.05, 3.63) is 37.7 Å². The second-order valence-electron chi connectivity index (χ2n) is 4.83. The zero-order chi connectivity index (χ0) is 14.9. The van der Waals surface area contributed by atoms with Crippen LogP contribution in [0.3, 0.4) is 0 Å². The van der Waals surface area contributed by atoms with Gasteiger partial charge in [0.15, 0.2) is 0 Å². The lowest BCUT2D eigenvalue weighted by Crippen LogP contribution is -2.02. The summed E-state index contributed by atoms with van der Waals surface area (Å²) in [6.07, 6.45) is 0.676. The summed E-state index contributed by atoms with van der Waals surface area (Å²) in [5.41, 5.74) is 1.59. The minimum Gasteiger partial charge on any atom is -0.477 e. The minimum absolute atomic E-state index is 0.341. The number of benzene rings is 1. The first-order chi connectivity index (χ1) is 9.38. The number of halogens is 2. The Morgan fingerprint density at radius 2 is 2.05 bits per heavy atom. The van der Waals surface area contributed by atoms with Gasteiger partial charge in [0, 0.05) is 14.5 Å². The van der Waals surface area contributed by atoms with Gasteiger partial charge in [-0.1, -0.05) is 19.9 Å². The third-order valence-corrected chi connectivity index (χ3v) is 5.67. The van der Waals surface area contributed by atoms with E-state index in [0.717, 1.165) is 19.5 Å². The zero-order valence-electron chi connectivity index (χ0n) is 11.0. The molecule has 0 aliphatic heterocycles. The molecule has 1 aromatic carbocycles. The average Bonchev–Trinajstić information content (AvgIpc) is 2.76. The van der Waals surface area contributed by atoms with E-state index in [4.69, 9.17) is 0 Å². The van der Waals surface area contributed by atoms with Gasteiger partial charge in [-0.3, -0.25) is 0 Å². The maximum Gasteiger partial charge on any atom is 0.347 e. The van der Waals surface area contributed by atoms with Gasteiger partial charge in [-0.15, -0.1) is 11.3 Å². The van der Waals surface area contributed by atoms with Gasteiger partial charge in [0.2, 0.25) is 0 Å². The number of aromatic carboxylic acids is 1. The SMILES string of the molecule is CC(C)Cc1nc(-c2ccc(Br)c(Br)c2)sc1C(=O)O. The van der Waals surface area contributed by atoms with Crippen molar-refractivity contribution >= 4 is 49.2 Å². The molecule has 0 unspecified atom stereocenters. The first-order valence-electron chi connectivity index (χ1n) is 6.07. The summed E-state index contributed by atoms with van der Waals surface area (Å²) in [5.74, 6) is -0.528. The van der Waals surface area contributed by atoms with Crippen LogP contribution >= 0.6 is 43.2 Å². The third kappa shape index (κ3) is 3.48. The minimum atomic E-state index is -0.902. The standard InChI is InChI=1S/C14H13Br2NO2S/c1-7(2)5-11-12(14(18)19)20-13(17-11)8-3-4-9(15)10(16)6-8/h3-4,6-7H,5H2,1-2H3,(H,18,19). The largest absolute Gasteiger partial charge is 0.477 e. The molecular weight excluding hydrogens is 406 g/mol. The Labute approximate surface area is 138 Å². The van der Waals surface area contributed by atoms with Crippen LogP contribution in [0.1, 0.15) is 29.2 Å². The quantitative estimate of drug-likeness (QED) is 0.739. The molecule has 0 spiro atoms. The van der Waals surface area contributed by atoms with Gasteiger partial charge in [-0.25, -0.2) is 9.78 Å². The van der Waals surface area contributed by atoms with Gasteiger partial charge in [-0.05, 0) is 56.3 Å². The number of carboxylic acids is 1. The van der Waals surface area contributed by atoms with Crippen LogP contribution in [0, 0.1) is 5.92 Å². The highest BCUT2D eigenvalue weighted by molar-refractivity contribution is 9.13. The van der Waals surface area contributed by atoms with E-state index in [1.165, 1.54) is 11.3 Å². The second kappa shape index (κ2) is 6.37. The van der Waals surface area contributed by atoms with Crippen molar-refractivity contribution < 1.29 is 9.90 Å². The van der Waals surface area contributed by atoms with Crippen LogP contribution in [0.4, 0.5) is 0 Å². The van der Waals surface area contributed by atoms with Gasteiger partial charge in [0.1, 0.15) is 9.88 Å². The summed E-state index contributed by atoms with van der Waals surface area (Å²) < 4.78 is 1.88. The van der Waals surface area contributed by atoms with E-state index < -0.39 is 5.97 Å². The van der Waals surface area contributed by atoms with Crippen molar-refractivity contribution in [2.45, 2.75) is 20.3 Å². The number of rotatable bonds is 4. The monoisotopic (exact) mass is 417 g/mol. The van der Waals surface area contributed by atoms with Crippen LogP contribution in [0.15, 0.2) is 27.1 Å². The normalized spacial score (nSPS) is 11.1. The van der Waals surface area contributed by atoms with Crippen LogP contribution in [0.5, 0.6) is 0 Å². The summed E-state index contributed by atoms with van der Waals surface area (Å²) in [7, 11) is 0. The van der Waals surface area contributed by atoms with E-state index in [1.807, 2.05) is 18.2 Å². The predicted molar refractivity (Wildman–Crippen MR) is 88.5 cm³/mol. The van der Waals surface area contributed by atoms with E-state index in [-0.39, 0.29) is 0 Å². The highest BCUT2D eigenvalue weighted by atomic mass is 79.9. The fourth-order valence-corrected chi connectivity index (χ4v) is 3.35. The molecule has 3 nitrogen and oxygen atoms in total. The summed E-state index contributed by atoms with van der Waals surface area (Å²) in [5, 5.41) is 10.0. The van der Waals surface area contributed by atoms with Crippen LogP contribution in [-0.4, -0.2) is 16.1 Å². The van der Waals surface area contributed by atoms with E-state index in [0.29, 0.717) is 22.9 Å². The molecule has 1 N–H and O–H groups in total. The van der Waals surface area contributed by atoms with Gasteiger partial charge >= 0.3 is 5.97 Å². The maximum atomic E-state index is 11.3. The predicted octanol–water partition coefficient (Wildman–Crippen LogP) is 5.23. The molecule has 6 heteroatoms. The highest BCUT2D eigenvalue weighted by Gasteiger charge is 2.19. The number of carboxylic acid groups (broad SMARTS) is 1. The van der Waals surface area contributed by atoms with Crippen molar-refractivity contribution in [3.8, 4) is 10.6 Å². The number of carbonyl (C=O) groups is 1. The van der Waals surface area contributed by atoms with Gasteiger partial charge in [0.05, 0.1) is 5.69 Å². The molecule has 106 valence electrons.